The molecule has 5 heteroatoms. The lowest BCUT2D eigenvalue weighted by Crippen LogP contribution is -2.40. The van der Waals surface area contributed by atoms with Crippen LogP contribution in [0.15, 0.2) is 0 Å². The fourth-order valence-electron chi connectivity index (χ4n) is 2.23. The number of nitrogens with one attached hydrogen (secondary N) is 1. The highest BCUT2D eigenvalue weighted by atomic mass is 19.4. The van der Waals surface area contributed by atoms with Gasteiger partial charge >= 0.3 is 6.18 Å². The van der Waals surface area contributed by atoms with E-state index in [1.807, 2.05) is 0 Å². The van der Waals surface area contributed by atoms with Gasteiger partial charge in [-0.1, -0.05) is 0 Å². The van der Waals surface area contributed by atoms with Crippen molar-refractivity contribution in [2.24, 2.45) is 5.92 Å². The van der Waals surface area contributed by atoms with Crippen molar-refractivity contribution in [3.05, 3.63) is 0 Å². The average Bonchev–Trinajstić information content (AvgIpc) is 2.12. The first kappa shape index (κ1) is 13.8. The van der Waals surface area contributed by atoms with Gasteiger partial charge in [0, 0.05) is 12.6 Å². The minimum absolute atomic E-state index is 0.479. The molecule has 0 radical (unpaired) electrons. The number of hydrogen-bond donors (Lipinski definition) is 1. The maximum atomic E-state index is 12.1. The maximum absolute atomic E-state index is 12.1. The predicted molar refractivity (Wildman–Crippen MR) is 58.4 cm³/mol. The summed E-state index contributed by atoms with van der Waals surface area (Å²) in [6.07, 6.45) is -2.53. The van der Waals surface area contributed by atoms with Crippen LogP contribution in [0.1, 0.15) is 26.2 Å². The van der Waals surface area contributed by atoms with Crippen molar-refractivity contribution in [3.63, 3.8) is 0 Å². The molecule has 0 bridgehead atoms. The Labute approximate surface area is 95.2 Å². The Kier molecular flexibility index (Phi) is 5.05. The van der Waals surface area contributed by atoms with E-state index in [1.165, 1.54) is 0 Å². The Morgan fingerprint density at radius 3 is 2.69 bits per heavy atom. The molecule has 1 saturated heterocycles. The highest BCUT2D eigenvalue weighted by molar-refractivity contribution is 4.74. The zero-order chi connectivity index (χ0) is 12.2. The molecule has 96 valence electrons. The molecule has 1 aliphatic rings. The van der Waals surface area contributed by atoms with Crippen molar-refractivity contribution in [3.8, 4) is 0 Å². The highest BCUT2D eigenvalue weighted by Gasteiger charge is 2.30. The van der Waals surface area contributed by atoms with E-state index in [1.54, 1.807) is 6.92 Å². The van der Waals surface area contributed by atoms with Crippen molar-refractivity contribution < 1.29 is 13.2 Å². The first-order valence-electron chi connectivity index (χ1n) is 5.85. The van der Waals surface area contributed by atoms with Gasteiger partial charge in [0.25, 0.3) is 0 Å². The van der Waals surface area contributed by atoms with E-state index in [-0.39, 0.29) is 0 Å². The standard InChI is InChI=1S/C11H21F3N2/c1-9(6-11(12,13)14)15-7-10-4-3-5-16(2)8-10/h9-10,15H,3-8H2,1-2H3. The Morgan fingerprint density at radius 1 is 1.44 bits per heavy atom. The van der Waals surface area contributed by atoms with Crippen molar-refractivity contribution in [1.82, 2.24) is 10.2 Å². The van der Waals surface area contributed by atoms with E-state index in [0.717, 1.165) is 25.9 Å². The van der Waals surface area contributed by atoms with Gasteiger partial charge in [-0.05, 0) is 45.8 Å². The largest absolute Gasteiger partial charge is 0.390 e. The molecule has 0 aromatic carbocycles. The highest BCUT2D eigenvalue weighted by Crippen LogP contribution is 2.21. The Bertz CT molecular complexity index is 206. The number of nitrogens with zero attached hydrogens (tertiary/aromatic N) is 1. The number of halogens is 3. The summed E-state index contributed by atoms with van der Waals surface area (Å²) in [7, 11) is 2.06. The average molecular weight is 238 g/mol. The van der Waals surface area contributed by atoms with E-state index in [9.17, 15) is 13.2 Å². The molecule has 0 saturated carbocycles. The molecule has 1 rings (SSSR count). The lowest BCUT2D eigenvalue weighted by molar-refractivity contribution is -0.139. The molecule has 1 N–H and O–H groups in total. The zero-order valence-corrected chi connectivity index (χ0v) is 9.98. The first-order chi connectivity index (χ1) is 7.37. The molecule has 0 amide bonds. The third kappa shape index (κ3) is 5.70. The van der Waals surface area contributed by atoms with Crippen LogP contribution in [0.2, 0.25) is 0 Å². The summed E-state index contributed by atoms with van der Waals surface area (Å²) in [6, 6.07) is -0.479. The van der Waals surface area contributed by atoms with Crippen LogP contribution in [0.3, 0.4) is 0 Å². The Balaban J connectivity index is 2.18. The monoisotopic (exact) mass is 238 g/mol. The third-order valence-corrected chi connectivity index (χ3v) is 3.01. The second-order valence-corrected chi connectivity index (χ2v) is 4.90. The minimum Gasteiger partial charge on any atom is -0.314 e. The lowest BCUT2D eigenvalue weighted by atomic mass is 9.98. The maximum Gasteiger partial charge on any atom is 0.390 e. The van der Waals surface area contributed by atoms with Crippen LogP contribution in [0.5, 0.6) is 0 Å². The molecule has 0 spiro atoms. The number of hydrogen-bond acceptors (Lipinski definition) is 2. The van der Waals surface area contributed by atoms with Gasteiger partial charge in [-0.25, -0.2) is 0 Å². The van der Waals surface area contributed by atoms with Gasteiger partial charge in [-0.3, -0.25) is 0 Å². The summed E-state index contributed by atoms with van der Waals surface area (Å²) >= 11 is 0. The van der Waals surface area contributed by atoms with Gasteiger partial charge in [0.1, 0.15) is 0 Å². The van der Waals surface area contributed by atoms with Gasteiger partial charge in [-0.15, -0.1) is 0 Å². The lowest BCUT2D eigenvalue weighted by Gasteiger charge is -2.30. The van der Waals surface area contributed by atoms with E-state index >= 15 is 0 Å². The Morgan fingerprint density at radius 2 is 2.12 bits per heavy atom. The molecule has 1 heterocycles. The topological polar surface area (TPSA) is 15.3 Å². The van der Waals surface area contributed by atoms with E-state index in [0.29, 0.717) is 12.5 Å². The fraction of sp³-hybridized carbons (Fsp3) is 1.00. The SMILES string of the molecule is CC(CC(F)(F)F)NCC1CCCN(C)C1. The number of alkyl halides is 3. The van der Waals surface area contributed by atoms with Crippen LogP contribution < -0.4 is 5.32 Å². The minimum atomic E-state index is -4.06. The molecular weight excluding hydrogens is 217 g/mol. The summed E-state index contributed by atoms with van der Waals surface area (Å²) in [6.45, 7) is 4.39. The second-order valence-electron chi connectivity index (χ2n) is 4.90. The molecule has 16 heavy (non-hydrogen) atoms. The van der Waals surface area contributed by atoms with Gasteiger partial charge < -0.3 is 10.2 Å². The summed E-state index contributed by atoms with van der Waals surface area (Å²) in [5.41, 5.74) is 0. The molecule has 0 aromatic rings. The quantitative estimate of drug-likeness (QED) is 0.808. The van der Waals surface area contributed by atoms with Crippen molar-refractivity contribution >= 4 is 0 Å². The molecule has 1 fully saturated rings. The van der Waals surface area contributed by atoms with Gasteiger partial charge in [0.2, 0.25) is 0 Å². The van der Waals surface area contributed by atoms with E-state index < -0.39 is 18.6 Å². The van der Waals surface area contributed by atoms with E-state index in [2.05, 4.69) is 17.3 Å². The Hall–Kier alpha value is -0.290. The van der Waals surface area contributed by atoms with E-state index in [4.69, 9.17) is 0 Å². The number of likely N-dealkylation sites (tertiary alicyclic amines) is 1. The molecule has 2 nitrogen and oxygen atoms in total. The fourth-order valence-corrected chi connectivity index (χ4v) is 2.23. The van der Waals surface area contributed by atoms with Crippen molar-refractivity contribution in [2.75, 3.05) is 26.7 Å². The van der Waals surface area contributed by atoms with Crippen LogP contribution >= 0.6 is 0 Å². The smallest absolute Gasteiger partial charge is 0.314 e. The van der Waals surface area contributed by atoms with Crippen LogP contribution in [-0.4, -0.2) is 43.8 Å². The summed E-state index contributed by atoms with van der Waals surface area (Å²) < 4.78 is 36.3. The van der Waals surface area contributed by atoms with Crippen LogP contribution in [0.25, 0.3) is 0 Å². The number of piperidine rings is 1. The van der Waals surface area contributed by atoms with Crippen LogP contribution in [-0.2, 0) is 0 Å². The molecule has 1 aliphatic heterocycles. The van der Waals surface area contributed by atoms with Gasteiger partial charge in [0.05, 0.1) is 6.42 Å². The summed E-state index contributed by atoms with van der Waals surface area (Å²) in [4.78, 5) is 2.24. The predicted octanol–water partition coefficient (Wildman–Crippen LogP) is 2.26. The van der Waals surface area contributed by atoms with Crippen LogP contribution in [0.4, 0.5) is 13.2 Å². The van der Waals surface area contributed by atoms with Crippen molar-refractivity contribution in [2.45, 2.75) is 38.4 Å². The molecule has 0 aliphatic carbocycles. The zero-order valence-electron chi connectivity index (χ0n) is 9.98. The molecular formula is C11H21F3N2. The van der Waals surface area contributed by atoms with Crippen molar-refractivity contribution in [1.29, 1.82) is 0 Å². The number of rotatable bonds is 4. The first-order valence-corrected chi connectivity index (χ1v) is 5.85. The van der Waals surface area contributed by atoms with Gasteiger partial charge in [-0.2, -0.15) is 13.2 Å². The third-order valence-electron chi connectivity index (χ3n) is 3.01. The molecule has 2 atom stereocenters. The summed E-state index contributed by atoms with van der Waals surface area (Å²) in [5.74, 6) is 0.495. The molecule has 2 unspecified atom stereocenters. The van der Waals surface area contributed by atoms with Crippen LogP contribution in [0, 0.1) is 5.92 Å². The van der Waals surface area contributed by atoms with Gasteiger partial charge in [0.15, 0.2) is 0 Å². The normalized spacial score (nSPS) is 25.7. The summed E-state index contributed by atoms with van der Waals surface area (Å²) in [5, 5.41) is 2.98. The molecule has 0 aromatic heterocycles. The second kappa shape index (κ2) is 5.87.